The van der Waals surface area contributed by atoms with E-state index in [1.165, 1.54) is 6.07 Å². The average molecular weight is 366 g/mol. The Morgan fingerprint density at radius 2 is 1.92 bits per heavy atom. The van der Waals surface area contributed by atoms with Crippen molar-refractivity contribution >= 4 is 29.2 Å². The summed E-state index contributed by atoms with van der Waals surface area (Å²) < 4.78 is 43.5. The Balaban J connectivity index is 2.02. The van der Waals surface area contributed by atoms with Crippen molar-refractivity contribution in [3.8, 4) is 0 Å². The van der Waals surface area contributed by atoms with Crippen molar-refractivity contribution in [3.05, 3.63) is 28.8 Å². The topological polar surface area (TPSA) is 75.6 Å². The third-order valence-corrected chi connectivity index (χ3v) is 4.04. The first-order valence-electron chi connectivity index (χ1n) is 7.19. The van der Waals surface area contributed by atoms with Crippen molar-refractivity contribution in [1.82, 2.24) is 0 Å². The molecule has 0 unspecified atom stereocenters. The van der Waals surface area contributed by atoms with Crippen LogP contribution in [-0.4, -0.2) is 29.2 Å². The van der Waals surface area contributed by atoms with Crippen LogP contribution in [0.4, 0.5) is 18.9 Å². The number of esters is 1. The summed E-state index contributed by atoms with van der Waals surface area (Å²) in [6.45, 7) is -0.816. The Labute approximate surface area is 140 Å². The molecule has 24 heavy (non-hydrogen) atoms. The fraction of sp³-hybridized carbons (Fsp3) is 0.467. The van der Waals surface area contributed by atoms with Crippen LogP contribution in [0.15, 0.2) is 18.2 Å². The van der Waals surface area contributed by atoms with Gasteiger partial charge in [-0.25, -0.2) is 4.79 Å². The van der Waals surface area contributed by atoms with Crippen LogP contribution in [0.5, 0.6) is 0 Å². The summed E-state index contributed by atoms with van der Waals surface area (Å²) in [5.74, 6) is -1.94. The van der Waals surface area contributed by atoms with Crippen LogP contribution in [0.1, 0.15) is 31.2 Å². The number of carbonyl (C=O) groups is 2. The van der Waals surface area contributed by atoms with E-state index in [0.717, 1.165) is 12.1 Å². The van der Waals surface area contributed by atoms with Gasteiger partial charge in [-0.3, -0.25) is 4.79 Å². The van der Waals surface area contributed by atoms with Crippen molar-refractivity contribution in [2.75, 3.05) is 11.9 Å². The lowest BCUT2D eigenvalue weighted by Crippen LogP contribution is -2.38. The van der Waals surface area contributed by atoms with Gasteiger partial charge in [0.05, 0.1) is 16.3 Å². The van der Waals surface area contributed by atoms with E-state index in [1.807, 2.05) is 5.32 Å². The van der Waals surface area contributed by atoms with Crippen LogP contribution in [0, 0.1) is 0 Å². The molecule has 2 N–H and O–H groups in total. The van der Waals surface area contributed by atoms with Crippen LogP contribution in [-0.2, 0) is 20.5 Å². The summed E-state index contributed by atoms with van der Waals surface area (Å²) in [6.07, 6.45) is -2.92. The number of carbonyl (C=O) groups excluding carboxylic acids is 2. The number of benzene rings is 1. The van der Waals surface area contributed by atoms with E-state index >= 15 is 0 Å². The van der Waals surface area contributed by atoms with Gasteiger partial charge in [-0.15, -0.1) is 0 Å². The average Bonchev–Trinajstić information content (AvgIpc) is 2.94. The van der Waals surface area contributed by atoms with Gasteiger partial charge in [0.1, 0.15) is 0 Å². The molecule has 1 fully saturated rings. The number of para-hydroxylation sites is 1. The van der Waals surface area contributed by atoms with Gasteiger partial charge in [-0.1, -0.05) is 17.7 Å². The second kappa shape index (κ2) is 6.98. The maximum atomic E-state index is 12.9. The highest BCUT2D eigenvalue weighted by molar-refractivity contribution is 6.34. The molecule has 1 aliphatic rings. The summed E-state index contributed by atoms with van der Waals surface area (Å²) in [6, 6.07) is 3.07. The first-order valence-corrected chi connectivity index (χ1v) is 7.56. The second-order valence-corrected chi connectivity index (χ2v) is 5.93. The van der Waals surface area contributed by atoms with Crippen molar-refractivity contribution in [3.63, 3.8) is 0 Å². The van der Waals surface area contributed by atoms with Gasteiger partial charge < -0.3 is 15.2 Å². The van der Waals surface area contributed by atoms with Crippen LogP contribution in [0.2, 0.25) is 5.02 Å². The predicted molar refractivity (Wildman–Crippen MR) is 79.5 cm³/mol. The molecule has 0 spiro atoms. The van der Waals surface area contributed by atoms with Crippen LogP contribution < -0.4 is 5.32 Å². The Hall–Kier alpha value is -1.80. The van der Waals surface area contributed by atoms with Gasteiger partial charge in [0, 0.05) is 0 Å². The summed E-state index contributed by atoms with van der Waals surface area (Å²) in [5.41, 5.74) is -3.33. The molecule has 0 heterocycles. The number of amides is 1. The zero-order valence-corrected chi connectivity index (χ0v) is 13.2. The van der Waals surface area contributed by atoms with Crippen molar-refractivity contribution in [2.24, 2.45) is 0 Å². The highest BCUT2D eigenvalue weighted by Crippen LogP contribution is 2.38. The van der Waals surface area contributed by atoms with E-state index in [4.69, 9.17) is 16.3 Å². The van der Waals surface area contributed by atoms with Crippen LogP contribution in [0.3, 0.4) is 0 Å². The third kappa shape index (κ3) is 4.18. The largest absolute Gasteiger partial charge is 0.453 e. The molecule has 0 radical (unpaired) electrons. The lowest BCUT2D eigenvalue weighted by molar-refractivity contribution is -0.166. The molecule has 1 aromatic carbocycles. The molecule has 0 bridgehead atoms. The number of aliphatic hydroxyl groups is 1. The molecule has 1 aliphatic carbocycles. The maximum absolute atomic E-state index is 12.9. The number of anilines is 1. The van der Waals surface area contributed by atoms with Crippen LogP contribution >= 0.6 is 11.6 Å². The number of ether oxygens (including phenoxy) is 1. The molecule has 0 saturated heterocycles. The van der Waals surface area contributed by atoms with E-state index in [9.17, 15) is 27.9 Å². The van der Waals surface area contributed by atoms with Gasteiger partial charge in [-0.2, -0.15) is 13.2 Å². The minimum atomic E-state index is -4.71. The van der Waals surface area contributed by atoms with Gasteiger partial charge in [0.15, 0.2) is 12.2 Å². The van der Waals surface area contributed by atoms with Crippen LogP contribution in [0.25, 0.3) is 0 Å². The lowest BCUT2D eigenvalue weighted by Gasteiger charge is -2.20. The maximum Gasteiger partial charge on any atom is 0.418 e. The third-order valence-electron chi connectivity index (χ3n) is 3.73. The molecule has 1 amide bonds. The molecule has 9 heteroatoms. The summed E-state index contributed by atoms with van der Waals surface area (Å²) in [7, 11) is 0. The molecule has 132 valence electrons. The summed E-state index contributed by atoms with van der Waals surface area (Å²) in [5, 5.41) is 11.7. The first kappa shape index (κ1) is 18.5. The fourth-order valence-electron chi connectivity index (χ4n) is 2.49. The summed E-state index contributed by atoms with van der Waals surface area (Å²) in [4.78, 5) is 23.5. The predicted octanol–water partition coefficient (Wildman–Crippen LogP) is 3.15. The first-order chi connectivity index (χ1) is 11.1. The molecular formula is C15H15ClF3NO4. The zero-order chi connectivity index (χ0) is 18.0. The fourth-order valence-corrected chi connectivity index (χ4v) is 2.71. The van der Waals surface area contributed by atoms with Gasteiger partial charge in [0.2, 0.25) is 0 Å². The second-order valence-electron chi connectivity index (χ2n) is 5.52. The molecule has 1 saturated carbocycles. The molecule has 0 aliphatic heterocycles. The number of nitrogens with one attached hydrogen (secondary N) is 1. The van der Waals surface area contributed by atoms with Gasteiger partial charge >= 0.3 is 12.1 Å². The summed E-state index contributed by atoms with van der Waals surface area (Å²) >= 11 is 5.71. The number of hydrogen-bond acceptors (Lipinski definition) is 4. The lowest BCUT2D eigenvalue weighted by atomic mass is 10.0. The van der Waals surface area contributed by atoms with E-state index < -0.39 is 41.5 Å². The van der Waals surface area contributed by atoms with Gasteiger partial charge in [-0.05, 0) is 37.8 Å². The highest BCUT2D eigenvalue weighted by atomic mass is 35.5. The van der Waals surface area contributed by atoms with E-state index in [-0.39, 0.29) is 17.9 Å². The molecular weight excluding hydrogens is 351 g/mol. The number of halogens is 4. The standard InChI is InChI=1S/C15H15ClF3NO4/c16-10-5-3-4-9(15(17,18)19)12(10)20-11(21)8-24-13(22)14(23)6-1-2-7-14/h3-5,23H,1-2,6-8H2,(H,20,21). The molecule has 1 aromatic rings. The highest BCUT2D eigenvalue weighted by Gasteiger charge is 2.40. The zero-order valence-electron chi connectivity index (χ0n) is 12.5. The number of rotatable bonds is 4. The molecule has 2 rings (SSSR count). The normalized spacial score (nSPS) is 16.7. The Morgan fingerprint density at radius 1 is 1.29 bits per heavy atom. The molecule has 5 nitrogen and oxygen atoms in total. The monoisotopic (exact) mass is 365 g/mol. The Kier molecular flexibility index (Phi) is 5.39. The Bertz CT molecular complexity index is 642. The molecule has 0 atom stereocenters. The minimum absolute atomic E-state index is 0.232. The van der Waals surface area contributed by atoms with Crippen molar-refractivity contribution < 1.29 is 32.6 Å². The SMILES string of the molecule is O=C(COC(=O)C1(O)CCCC1)Nc1c(Cl)cccc1C(F)(F)F. The molecule has 0 aromatic heterocycles. The van der Waals surface area contributed by atoms with Gasteiger partial charge in [0.25, 0.3) is 5.91 Å². The Morgan fingerprint density at radius 3 is 2.50 bits per heavy atom. The minimum Gasteiger partial charge on any atom is -0.453 e. The van der Waals surface area contributed by atoms with E-state index in [1.54, 1.807) is 0 Å². The van der Waals surface area contributed by atoms with E-state index in [0.29, 0.717) is 12.8 Å². The van der Waals surface area contributed by atoms with Crippen molar-refractivity contribution in [1.29, 1.82) is 0 Å². The number of alkyl halides is 3. The smallest absolute Gasteiger partial charge is 0.418 e. The quantitative estimate of drug-likeness (QED) is 0.804. The van der Waals surface area contributed by atoms with E-state index in [2.05, 4.69) is 0 Å². The number of hydrogen-bond donors (Lipinski definition) is 2. The van der Waals surface area contributed by atoms with Crippen molar-refractivity contribution in [2.45, 2.75) is 37.5 Å².